The van der Waals surface area contributed by atoms with Crippen LogP contribution in [0.15, 0.2) is 24.4 Å². The fourth-order valence-corrected chi connectivity index (χ4v) is 1.97. The van der Waals surface area contributed by atoms with Crippen molar-refractivity contribution < 1.29 is 44.7 Å². The summed E-state index contributed by atoms with van der Waals surface area (Å²) in [4.78, 5) is 48.9. The van der Waals surface area contributed by atoms with Gasteiger partial charge < -0.3 is 30.8 Å². The molecule has 0 saturated heterocycles. The van der Waals surface area contributed by atoms with Crippen LogP contribution in [0.1, 0.15) is 41.4 Å². The molecule has 2 aromatic rings. The molecule has 0 bridgehead atoms. The number of aromatic carboxylic acids is 3. The number of nitrogens with zero attached hydrogens (tertiary/aromatic N) is 1. The highest BCUT2D eigenvalue weighted by atomic mass is 16.4. The van der Waals surface area contributed by atoms with Gasteiger partial charge >= 0.3 is 17.9 Å². The van der Waals surface area contributed by atoms with Crippen LogP contribution >= 0.6 is 0 Å². The van der Waals surface area contributed by atoms with E-state index >= 15 is 0 Å². The molecule has 0 unspecified atom stereocenters. The number of benzene rings is 1. The van der Waals surface area contributed by atoms with Gasteiger partial charge in [0, 0.05) is 6.20 Å². The zero-order valence-corrected chi connectivity index (χ0v) is 12.6. The number of carbonyl (C=O) groups excluding carboxylic acids is 1. The number of amides is 1. The summed E-state index contributed by atoms with van der Waals surface area (Å²) >= 11 is 0. The van der Waals surface area contributed by atoms with Crippen molar-refractivity contribution in [3.63, 3.8) is 0 Å². The smallest absolute Gasteiger partial charge is 0.339 e. The lowest BCUT2D eigenvalue weighted by atomic mass is 10.1. The number of aromatic hydroxyl groups is 2. The first-order chi connectivity index (χ1) is 12.1. The SMILES string of the molecule is O=C(O)c1cnc(NC(=O)c2cc(O)cc(C(=O)O)c2O)c(C(=O)O)c1. The van der Waals surface area contributed by atoms with Crippen molar-refractivity contribution in [2.45, 2.75) is 0 Å². The minimum absolute atomic E-state index is 0.436. The average molecular weight is 362 g/mol. The standard InChI is InChI=1S/C15H10N2O9/c18-6-2-7(10(19)8(3-6)14(23)24)12(20)17-11-9(15(25)26)1-5(4-16-11)13(21)22/h1-4,18-19H,(H,21,22)(H,23,24)(H,25,26)(H,16,17,20). The number of carboxylic acids is 3. The lowest BCUT2D eigenvalue weighted by Crippen LogP contribution is -2.18. The van der Waals surface area contributed by atoms with E-state index in [0.717, 1.165) is 24.4 Å². The number of rotatable bonds is 5. The zero-order chi connectivity index (χ0) is 19.6. The van der Waals surface area contributed by atoms with Gasteiger partial charge in [-0.25, -0.2) is 19.4 Å². The van der Waals surface area contributed by atoms with Gasteiger partial charge in [-0.15, -0.1) is 0 Å². The van der Waals surface area contributed by atoms with Crippen molar-refractivity contribution >= 4 is 29.6 Å². The summed E-state index contributed by atoms with van der Waals surface area (Å²) in [7, 11) is 0. The normalized spacial score (nSPS) is 10.2. The van der Waals surface area contributed by atoms with Crippen LogP contribution in [0, 0.1) is 0 Å². The number of carbonyl (C=O) groups is 4. The number of phenols is 2. The first kappa shape index (κ1) is 18.2. The maximum atomic E-state index is 12.2. The summed E-state index contributed by atoms with van der Waals surface area (Å²) in [5.41, 5.74) is -2.48. The van der Waals surface area contributed by atoms with Crippen LogP contribution in [0.4, 0.5) is 5.82 Å². The average Bonchev–Trinajstić information content (AvgIpc) is 2.56. The molecule has 0 saturated carbocycles. The Labute approximate surface area is 143 Å². The third-order valence-corrected chi connectivity index (χ3v) is 3.17. The molecular formula is C15H10N2O9. The third kappa shape index (κ3) is 3.51. The minimum atomic E-state index is -1.61. The number of nitrogens with one attached hydrogen (secondary N) is 1. The molecule has 1 aromatic heterocycles. The van der Waals surface area contributed by atoms with Crippen molar-refractivity contribution in [1.29, 1.82) is 0 Å². The van der Waals surface area contributed by atoms with Crippen LogP contribution in [-0.2, 0) is 0 Å². The Balaban J connectivity index is 2.47. The molecule has 0 aliphatic heterocycles. The molecule has 0 spiro atoms. The molecule has 2 rings (SSSR count). The van der Waals surface area contributed by atoms with Crippen molar-refractivity contribution in [3.05, 3.63) is 46.6 Å². The first-order valence-corrected chi connectivity index (χ1v) is 6.69. The van der Waals surface area contributed by atoms with Gasteiger partial charge in [-0.1, -0.05) is 0 Å². The molecule has 11 heteroatoms. The zero-order valence-electron chi connectivity index (χ0n) is 12.6. The van der Waals surface area contributed by atoms with Gasteiger partial charge in [-0.05, 0) is 18.2 Å². The fourth-order valence-electron chi connectivity index (χ4n) is 1.97. The third-order valence-electron chi connectivity index (χ3n) is 3.17. The highest BCUT2D eigenvalue weighted by Gasteiger charge is 2.23. The van der Waals surface area contributed by atoms with Crippen molar-refractivity contribution in [2.75, 3.05) is 5.32 Å². The molecule has 1 aromatic carbocycles. The Morgan fingerprint density at radius 3 is 1.92 bits per heavy atom. The van der Waals surface area contributed by atoms with Gasteiger partial charge in [0.2, 0.25) is 0 Å². The molecule has 134 valence electrons. The van der Waals surface area contributed by atoms with Gasteiger partial charge in [0.1, 0.15) is 28.4 Å². The van der Waals surface area contributed by atoms with Gasteiger partial charge in [0.15, 0.2) is 0 Å². The van der Waals surface area contributed by atoms with E-state index in [1.807, 2.05) is 5.32 Å². The number of hydrogen-bond acceptors (Lipinski definition) is 7. The van der Waals surface area contributed by atoms with Gasteiger partial charge in [-0.3, -0.25) is 4.79 Å². The second kappa shape index (κ2) is 6.76. The molecule has 0 atom stereocenters. The molecule has 0 aliphatic carbocycles. The molecule has 1 heterocycles. The van der Waals surface area contributed by atoms with E-state index in [-0.39, 0.29) is 0 Å². The van der Waals surface area contributed by atoms with Crippen molar-refractivity contribution in [2.24, 2.45) is 0 Å². The predicted octanol–water partition coefficient (Wildman–Crippen LogP) is 0.840. The van der Waals surface area contributed by atoms with E-state index in [9.17, 15) is 29.4 Å². The second-order valence-corrected chi connectivity index (χ2v) is 4.88. The van der Waals surface area contributed by atoms with Crippen LogP contribution in [0.25, 0.3) is 0 Å². The Bertz CT molecular complexity index is 952. The van der Waals surface area contributed by atoms with Gasteiger partial charge in [0.05, 0.1) is 11.1 Å². The summed E-state index contributed by atoms with van der Waals surface area (Å²) in [6.07, 6.45) is 0.801. The molecule has 6 N–H and O–H groups in total. The maximum absolute atomic E-state index is 12.2. The van der Waals surface area contributed by atoms with E-state index in [0.29, 0.717) is 0 Å². The number of aromatic nitrogens is 1. The van der Waals surface area contributed by atoms with Crippen LogP contribution in [0.3, 0.4) is 0 Å². The fraction of sp³-hybridized carbons (Fsp3) is 0. The summed E-state index contributed by atoms with van der Waals surface area (Å²) < 4.78 is 0. The monoisotopic (exact) mass is 362 g/mol. The van der Waals surface area contributed by atoms with Gasteiger partial charge in [0.25, 0.3) is 5.91 Å². The minimum Gasteiger partial charge on any atom is -0.508 e. The summed E-state index contributed by atoms with van der Waals surface area (Å²) in [6.45, 7) is 0. The molecule has 1 amide bonds. The van der Waals surface area contributed by atoms with Gasteiger partial charge in [-0.2, -0.15) is 0 Å². The second-order valence-electron chi connectivity index (χ2n) is 4.88. The first-order valence-electron chi connectivity index (χ1n) is 6.69. The topological polar surface area (TPSA) is 194 Å². The van der Waals surface area contributed by atoms with Crippen molar-refractivity contribution in [1.82, 2.24) is 4.98 Å². The number of anilines is 1. The summed E-state index contributed by atoms with van der Waals surface area (Å²) in [5.74, 6) is -7.91. The van der Waals surface area contributed by atoms with E-state index in [1.54, 1.807) is 0 Å². The molecule has 0 aliphatic rings. The number of hydrogen-bond donors (Lipinski definition) is 6. The highest BCUT2D eigenvalue weighted by Crippen LogP contribution is 2.29. The van der Waals surface area contributed by atoms with Crippen LogP contribution in [0.2, 0.25) is 0 Å². The Morgan fingerprint density at radius 1 is 0.808 bits per heavy atom. The molecule has 11 nitrogen and oxygen atoms in total. The largest absolute Gasteiger partial charge is 0.508 e. The summed E-state index contributed by atoms with van der Waals surface area (Å²) in [6, 6.07) is 2.25. The van der Waals surface area contributed by atoms with E-state index in [2.05, 4.69) is 4.98 Å². The van der Waals surface area contributed by atoms with E-state index < -0.39 is 63.4 Å². The predicted molar refractivity (Wildman–Crippen MR) is 82.8 cm³/mol. The highest BCUT2D eigenvalue weighted by molar-refractivity contribution is 6.10. The Morgan fingerprint density at radius 2 is 1.38 bits per heavy atom. The Kier molecular flexibility index (Phi) is 4.73. The van der Waals surface area contributed by atoms with Crippen LogP contribution in [-0.4, -0.2) is 54.3 Å². The maximum Gasteiger partial charge on any atom is 0.339 e. The van der Waals surface area contributed by atoms with E-state index in [1.165, 1.54) is 0 Å². The Hall–Kier alpha value is -4.15. The lowest BCUT2D eigenvalue weighted by Gasteiger charge is -2.11. The lowest BCUT2D eigenvalue weighted by molar-refractivity contribution is 0.0679. The van der Waals surface area contributed by atoms with Crippen LogP contribution in [0.5, 0.6) is 11.5 Å². The summed E-state index contributed by atoms with van der Waals surface area (Å²) in [5, 5.41) is 48.3. The quantitative estimate of drug-likeness (QED) is 0.415. The number of carboxylic acid groups (broad SMARTS) is 3. The molecular weight excluding hydrogens is 352 g/mol. The molecule has 0 fully saturated rings. The number of phenolic OH excluding ortho intramolecular Hbond substituents is 1. The van der Waals surface area contributed by atoms with E-state index in [4.69, 9.17) is 15.3 Å². The van der Waals surface area contributed by atoms with Crippen LogP contribution < -0.4 is 5.32 Å². The van der Waals surface area contributed by atoms with Crippen molar-refractivity contribution in [3.8, 4) is 11.5 Å². The molecule has 0 radical (unpaired) electrons. The number of pyridine rings is 1. The molecule has 26 heavy (non-hydrogen) atoms.